The summed E-state index contributed by atoms with van der Waals surface area (Å²) >= 11 is 0. The van der Waals surface area contributed by atoms with Crippen molar-refractivity contribution in [1.29, 1.82) is 0 Å². The number of aryl methyl sites for hydroxylation is 1. The van der Waals surface area contributed by atoms with Crippen LogP contribution in [0.4, 0.5) is 5.82 Å². The molecule has 2 aliphatic rings. The molecule has 1 amide bonds. The van der Waals surface area contributed by atoms with Crippen LogP contribution in [0.25, 0.3) is 0 Å². The van der Waals surface area contributed by atoms with Crippen molar-refractivity contribution in [2.24, 2.45) is 18.9 Å². The van der Waals surface area contributed by atoms with Crippen LogP contribution < -0.4 is 5.32 Å². The SMILES string of the molecule is C[C@@H](C(=O)Nc1cc([C@H]2CCCOC2)nn1C)C1CCOCC1. The molecule has 2 atom stereocenters. The summed E-state index contributed by atoms with van der Waals surface area (Å²) in [5, 5.41) is 7.61. The van der Waals surface area contributed by atoms with Crippen LogP contribution in [-0.2, 0) is 21.3 Å². The molecular weight excluding hydrogens is 294 g/mol. The van der Waals surface area contributed by atoms with Gasteiger partial charge in [0.1, 0.15) is 5.82 Å². The Hall–Kier alpha value is -1.40. The van der Waals surface area contributed by atoms with Crippen molar-refractivity contribution in [2.75, 3.05) is 31.7 Å². The topological polar surface area (TPSA) is 65.4 Å². The first kappa shape index (κ1) is 16.5. The lowest BCUT2D eigenvalue weighted by Gasteiger charge is -2.26. The van der Waals surface area contributed by atoms with Crippen LogP contribution in [0, 0.1) is 11.8 Å². The number of anilines is 1. The number of nitrogens with zero attached hydrogens (tertiary/aromatic N) is 2. The smallest absolute Gasteiger partial charge is 0.228 e. The summed E-state index contributed by atoms with van der Waals surface area (Å²) in [7, 11) is 1.88. The van der Waals surface area contributed by atoms with Gasteiger partial charge in [0.2, 0.25) is 5.91 Å². The normalized spacial score (nSPS) is 24.3. The van der Waals surface area contributed by atoms with Crippen molar-refractivity contribution >= 4 is 11.7 Å². The third-order valence-corrected chi connectivity index (χ3v) is 5.12. The Kier molecular flexibility index (Phi) is 5.33. The largest absolute Gasteiger partial charge is 0.381 e. The summed E-state index contributed by atoms with van der Waals surface area (Å²) in [6.45, 7) is 5.11. The average Bonchev–Trinajstić information content (AvgIpc) is 2.96. The molecule has 3 heterocycles. The van der Waals surface area contributed by atoms with Crippen LogP contribution in [0.5, 0.6) is 0 Å². The molecule has 6 nitrogen and oxygen atoms in total. The molecule has 0 unspecified atom stereocenters. The van der Waals surface area contributed by atoms with Crippen LogP contribution in [0.1, 0.15) is 44.2 Å². The minimum atomic E-state index is -0.00439. The fourth-order valence-corrected chi connectivity index (χ4v) is 3.45. The standard InChI is InChI=1S/C17H27N3O3/c1-12(13-5-8-22-9-6-13)17(21)18-16-10-15(19-20(16)2)14-4-3-7-23-11-14/h10,12-14H,3-9,11H2,1-2H3,(H,18,21)/t12-,14+/m1/s1. The van der Waals surface area contributed by atoms with Crippen molar-refractivity contribution in [2.45, 2.75) is 38.5 Å². The van der Waals surface area contributed by atoms with Crippen LogP contribution in [0.15, 0.2) is 6.07 Å². The van der Waals surface area contributed by atoms with Gasteiger partial charge >= 0.3 is 0 Å². The monoisotopic (exact) mass is 321 g/mol. The van der Waals surface area contributed by atoms with Crippen LogP contribution in [-0.4, -0.2) is 42.1 Å². The second-order valence-electron chi connectivity index (χ2n) is 6.72. The number of amides is 1. The second-order valence-corrected chi connectivity index (χ2v) is 6.72. The van der Waals surface area contributed by atoms with E-state index in [2.05, 4.69) is 10.4 Å². The Morgan fingerprint density at radius 2 is 2.09 bits per heavy atom. The zero-order valence-electron chi connectivity index (χ0n) is 14.1. The molecule has 6 heteroatoms. The lowest BCUT2D eigenvalue weighted by Crippen LogP contribution is -2.31. The molecule has 1 aromatic heterocycles. The molecule has 3 rings (SSSR count). The van der Waals surface area contributed by atoms with E-state index in [1.165, 1.54) is 0 Å². The highest BCUT2D eigenvalue weighted by molar-refractivity contribution is 5.91. The van der Waals surface area contributed by atoms with Crippen molar-refractivity contribution in [3.8, 4) is 0 Å². The molecule has 2 fully saturated rings. The molecule has 0 saturated carbocycles. The third-order valence-electron chi connectivity index (χ3n) is 5.12. The van der Waals surface area contributed by atoms with Crippen molar-refractivity contribution in [1.82, 2.24) is 9.78 Å². The lowest BCUT2D eigenvalue weighted by molar-refractivity contribution is -0.122. The molecule has 0 spiro atoms. The van der Waals surface area contributed by atoms with Crippen molar-refractivity contribution < 1.29 is 14.3 Å². The molecule has 0 bridgehead atoms. The summed E-state index contributed by atoms with van der Waals surface area (Å²) in [5.74, 6) is 1.59. The molecule has 1 aromatic rings. The number of hydrogen-bond acceptors (Lipinski definition) is 4. The van der Waals surface area contributed by atoms with E-state index >= 15 is 0 Å². The molecule has 0 aliphatic carbocycles. The van der Waals surface area contributed by atoms with E-state index in [1.54, 1.807) is 4.68 Å². The Bertz CT molecular complexity index is 531. The predicted molar refractivity (Wildman–Crippen MR) is 87.3 cm³/mol. The molecular formula is C17H27N3O3. The first-order valence-corrected chi connectivity index (χ1v) is 8.65. The lowest BCUT2D eigenvalue weighted by atomic mass is 9.87. The number of rotatable bonds is 4. The Morgan fingerprint density at radius 1 is 1.30 bits per heavy atom. The number of nitrogens with one attached hydrogen (secondary N) is 1. The van der Waals surface area contributed by atoms with Gasteiger partial charge in [-0.25, -0.2) is 0 Å². The minimum absolute atomic E-state index is 0.00439. The van der Waals surface area contributed by atoms with Crippen molar-refractivity contribution in [3.05, 3.63) is 11.8 Å². The Labute approximate surface area is 137 Å². The summed E-state index contributed by atoms with van der Waals surface area (Å²) in [5.41, 5.74) is 1.02. The molecule has 128 valence electrons. The molecule has 0 radical (unpaired) electrons. The third kappa shape index (κ3) is 3.93. The number of hydrogen-bond donors (Lipinski definition) is 1. The van der Waals surface area contributed by atoms with Gasteiger partial charge in [0.15, 0.2) is 0 Å². The molecule has 23 heavy (non-hydrogen) atoms. The maximum Gasteiger partial charge on any atom is 0.228 e. The number of aromatic nitrogens is 2. The number of carbonyl (C=O) groups excluding carboxylic acids is 1. The first-order chi connectivity index (χ1) is 11.1. The zero-order chi connectivity index (χ0) is 16.2. The van der Waals surface area contributed by atoms with E-state index in [9.17, 15) is 4.79 Å². The molecule has 0 aromatic carbocycles. The summed E-state index contributed by atoms with van der Waals surface area (Å²) in [6, 6.07) is 1.99. The van der Waals surface area contributed by atoms with Gasteiger partial charge in [-0.15, -0.1) is 0 Å². The van der Waals surface area contributed by atoms with Gasteiger partial charge in [-0.1, -0.05) is 6.92 Å². The quantitative estimate of drug-likeness (QED) is 0.924. The Morgan fingerprint density at radius 3 is 2.78 bits per heavy atom. The van der Waals surface area contributed by atoms with Gasteiger partial charge < -0.3 is 14.8 Å². The van der Waals surface area contributed by atoms with Gasteiger partial charge in [-0.2, -0.15) is 5.10 Å². The maximum atomic E-state index is 12.5. The van der Waals surface area contributed by atoms with Gasteiger partial charge in [-0.05, 0) is 31.6 Å². The van der Waals surface area contributed by atoms with E-state index in [0.29, 0.717) is 11.8 Å². The van der Waals surface area contributed by atoms with Crippen LogP contribution >= 0.6 is 0 Å². The van der Waals surface area contributed by atoms with E-state index in [1.807, 2.05) is 20.0 Å². The van der Waals surface area contributed by atoms with E-state index in [4.69, 9.17) is 9.47 Å². The molecule has 1 N–H and O–H groups in total. The molecule has 2 aliphatic heterocycles. The first-order valence-electron chi connectivity index (χ1n) is 8.65. The predicted octanol–water partition coefficient (Wildman–Crippen LogP) is 2.32. The van der Waals surface area contributed by atoms with Crippen LogP contribution in [0.2, 0.25) is 0 Å². The van der Waals surface area contributed by atoms with Crippen molar-refractivity contribution in [3.63, 3.8) is 0 Å². The summed E-state index contributed by atoms with van der Waals surface area (Å²) in [4.78, 5) is 12.5. The van der Waals surface area contributed by atoms with Crippen LogP contribution in [0.3, 0.4) is 0 Å². The minimum Gasteiger partial charge on any atom is -0.381 e. The summed E-state index contributed by atoms with van der Waals surface area (Å²) in [6.07, 6.45) is 4.10. The number of ether oxygens (including phenoxy) is 2. The van der Waals surface area contributed by atoms with Gasteiger partial charge in [0.25, 0.3) is 0 Å². The Balaban J connectivity index is 1.62. The highest BCUT2D eigenvalue weighted by Gasteiger charge is 2.27. The number of carbonyl (C=O) groups is 1. The maximum absolute atomic E-state index is 12.5. The van der Waals surface area contributed by atoms with Gasteiger partial charge in [0, 0.05) is 44.8 Å². The zero-order valence-corrected chi connectivity index (χ0v) is 14.1. The highest BCUT2D eigenvalue weighted by atomic mass is 16.5. The highest BCUT2D eigenvalue weighted by Crippen LogP contribution is 2.28. The fraction of sp³-hybridized carbons (Fsp3) is 0.765. The molecule has 2 saturated heterocycles. The summed E-state index contributed by atoms with van der Waals surface area (Å²) < 4.78 is 12.7. The van der Waals surface area contributed by atoms with E-state index in [-0.39, 0.29) is 11.8 Å². The van der Waals surface area contributed by atoms with E-state index < -0.39 is 0 Å². The average molecular weight is 321 g/mol. The fourth-order valence-electron chi connectivity index (χ4n) is 3.45. The van der Waals surface area contributed by atoms with E-state index in [0.717, 1.165) is 63.6 Å². The van der Waals surface area contributed by atoms with Gasteiger partial charge in [0.05, 0.1) is 12.3 Å². The second kappa shape index (κ2) is 7.45. The van der Waals surface area contributed by atoms with Gasteiger partial charge in [-0.3, -0.25) is 9.48 Å².